The molecule has 1 saturated carbocycles. The van der Waals surface area contributed by atoms with Crippen LogP contribution in [-0.4, -0.2) is 24.1 Å². The van der Waals surface area contributed by atoms with E-state index < -0.39 is 11.4 Å². The Balaban J connectivity index is 2.02. The van der Waals surface area contributed by atoms with Crippen molar-refractivity contribution in [2.45, 2.75) is 44.9 Å². The number of anilines is 1. The van der Waals surface area contributed by atoms with Gasteiger partial charge in [0.25, 0.3) is 0 Å². The lowest BCUT2D eigenvalue weighted by Gasteiger charge is -2.35. The molecule has 0 aromatic heterocycles. The van der Waals surface area contributed by atoms with Crippen molar-refractivity contribution in [3.8, 4) is 5.75 Å². The predicted octanol–water partition coefficient (Wildman–Crippen LogP) is 3.45. The Bertz CT molecular complexity index is 535. The van der Waals surface area contributed by atoms with Crippen molar-refractivity contribution in [3.63, 3.8) is 0 Å². The molecule has 1 amide bonds. The van der Waals surface area contributed by atoms with Gasteiger partial charge in [0.05, 0.1) is 13.5 Å². The Hall–Kier alpha value is -2.04. The van der Waals surface area contributed by atoms with Crippen LogP contribution in [0.3, 0.4) is 0 Å². The van der Waals surface area contributed by atoms with Gasteiger partial charge in [-0.3, -0.25) is 9.59 Å². The van der Waals surface area contributed by atoms with E-state index in [-0.39, 0.29) is 18.7 Å². The fourth-order valence-corrected chi connectivity index (χ4v) is 3.29. The first-order chi connectivity index (χ1) is 10.5. The van der Waals surface area contributed by atoms with Crippen molar-refractivity contribution in [1.29, 1.82) is 0 Å². The Morgan fingerprint density at radius 3 is 2.59 bits per heavy atom. The average Bonchev–Trinajstić information content (AvgIpc) is 2.47. The van der Waals surface area contributed by atoms with E-state index >= 15 is 0 Å². The lowest BCUT2D eigenvalue weighted by atomic mass is 9.69. The van der Waals surface area contributed by atoms with Crippen LogP contribution in [0.5, 0.6) is 5.75 Å². The van der Waals surface area contributed by atoms with E-state index in [1.165, 1.54) is 0 Å². The molecular weight excluding hydrogens is 282 g/mol. The minimum atomic E-state index is -0.823. The SMILES string of the molecule is COc1cccc(NC(=O)CC2(CC(=O)O)CCCCC2)c1. The number of ether oxygens (including phenoxy) is 1. The summed E-state index contributed by atoms with van der Waals surface area (Å²) in [6, 6.07) is 7.17. The number of carboxylic acid groups (broad SMARTS) is 1. The lowest BCUT2D eigenvalue weighted by molar-refractivity contribution is -0.140. The van der Waals surface area contributed by atoms with Crippen molar-refractivity contribution in [2.75, 3.05) is 12.4 Å². The topological polar surface area (TPSA) is 75.6 Å². The number of carbonyl (C=O) groups is 2. The fraction of sp³-hybridized carbons (Fsp3) is 0.529. The second kappa shape index (κ2) is 7.29. The number of carbonyl (C=O) groups excluding carboxylic acids is 1. The van der Waals surface area contributed by atoms with Gasteiger partial charge >= 0.3 is 5.97 Å². The molecule has 120 valence electrons. The van der Waals surface area contributed by atoms with Gasteiger partial charge in [0.2, 0.25) is 5.91 Å². The number of hydrogen-bond acceptors (Lipinski definition) is 3. The van der Waals surface area contributed by atoms with Crippen LogP contribution in [0.2, 0.25) is 0 Å². The van der Waals surface area contributed by atoms with Crippen molar-refractivity contribution in [1.82, 2.24) is 0 Å². The molecule has 1 aliphatic carbocycles. The highest BCUT2D eigenvalue weighted by molar-refractivity contribution is 5.91. The highest BCUT2D eigenvalue weighted by atomic mass is 16.5. The normalized spacial score (nSPS) is 16.8. The third kappa shape index (κ3) is 4.48. The van der Waals surface area contributed by atoms with E-state index in [1.54, 1.807) is 19.2 Å². The molecule has 0 bridgehead atoms. The summed E-state index contributed by atoms with van der Waals surface area (Å²) in [7, 11) is 1.57. The lowest BCUT2D eigenvalue weighted by Crippen LogP contribution is -2.32. The van der Waals surface area contributed by atoms with Crippen molar-refractivity contribution in [2.24, 2.45) is 5.41 Å². The number of amides is 1. The molecule has 5 heteroatoms. The molecule has 1 aromatic rings. The Morgan fingerprint density at radius 2 is 1.95 bits per heavy atom. The van der Waals surface area contributed by atoms with Crippen LogP contribution in [0.25, 0.3) is 0 Å². The highest BCUT2D eigenvalue weighted by Gasteiger charge is 2.36. The molecular formula is C17H23NO4. The van der Waals surface area contributed by atoms with E-state index in [4.69, 9.17) is 9.84 Å². The summed E-state index contributed by atoms with van der Waals surface area (Å²) in [5, 5.41) is 12.0. The van der Waals surface area contributed by atoms with Gasteiger partial charge in [0.1, 0.15) is 5.75 Å². The quantitative estimate of drug-likeness (QED) is 0.844. The molecule has 1 fully saturated rings. The van der Waals surface area contributed by atoms with Gasteiger partial charge in [-0.1, -0.05) is 25.3 Å². The maximum Gasteiger partial charge on any atom is 0.303 e. The van der Waals surface area contributed by atoms with Crippen molar-refractivity contribution < 1.29 is 19.4 Å². The molecule has 22 heavy (non-hydrogen) atoms. The number of carboxylic acids is 1. The largest absolute Gasteiger partial charge is 0.497 e. The molecule has 0 radical (unpaired) electrons. The van der Waals surface area contributed by atoms with Gasteiger partial charge in [0.15, 0.2) is 0 Å². The molecule has 1 aromatic carbocycles. The summed E-state index contributed by atoms with van der Waals surface area (Å²) in [6.07, 6.45) is 5.07. The summed E-state index contributed by atoms with van der Waals surface area (Å²) < 4.78 is 5.13. The summed E-state index contributed by atoms with van der Waals surface area (Å²) >= 11 is 0. The molecule has 0 unspecified atom stereocenters. The Labute approximate surface area is 130 Å². The molecule has 1 aliphatic rings. The van der Waals surface area contributed by atoms with Crippen LogP contribution >= 0.6 is 0 Å². The zero-order valence-corrected chi connectivity index (χ0v) is 12.9. The number of benzene rings is 1. The first-order valence-corrected chi connectivity index (χ1v) is 7.69. The first kappa shape index (κ1) is 16.3. The average molecular weight is 305 g/mol. The van der Waals surface area contributed by atoms with Crippen LogP contribution in [0, 0.1) is 5.41 Å². The molecule has 0 spiro atoms. The highest BCUT2D eigenvalue weighted by Crippen LogP contribution is 2.42. The van der Waals surface area contributed by atoms with E-state index in [0.29, 0.717) is 11.4 Å². The minimum Gasteiger partial charge on any atom is -0.497 e. The maximum absolute atomic E-state index is 12.3. The zero-order valence-electron chi connectivity index (χ0n) is 12.9. The molecule has 0 heterocycles. The second-order valence-electron chi connectivity index (χ2n) is 6.09. The summed E-state index contributed by atoms with van der Waals surface area (Å²) in [5.74, 6) is -0.275. The van der Waals surface area contributed by atoms with Gasteiger partial charge < -0.3 is 15.2 Å². The van der Waals surface area contributed by atoms with Crippen LogP contribution in [-0.2, 0) is 9.59 Å². The van der Waals surface area contributed by atoms with E-state index in [9.17, 15) is 9.59 Å². The van der Waals surface area contributed by atoms with Crippen LogP contribution in [0.15, 0.2) is 24.3 Å². The zero-order chi connectivity index (χ0) is 16.0. The summed E-state index contributed by atoms with van der Waals surface area (Å²) in [5.41, 5.74) is 0.276. The van der Waals surface area contributed by atoms with Crippen LogP contribution in [0.4, 0.5) is 5.69 Å². The predicted molar refractivity (Wildman–Crippen MR) is 84.0 cm³/mol. The Morgan fingerprint density at radius 1 is 1.23 bits per heavy atom. The van der Waals surface area contributed by atoms with Crippen molar-refractivity contribution in [3.05, 3.63) is 24.3 Å². The van der Waals surface area contributed by atoms with Gasteiger partial charge in [-0.05, 0) is 30.4 Å². The minimum absolute atomic E-state index is 0.0680. The molecule has 2 rings (SSSR count). The third-order valence-electron chi connectivity index (χ3n) is 4.33. The van der Waals surface area contributed by atoms with E-state index in [0.717, 1.165) is 32.1 Å². The summed E-state index contributed by atoms with van der Waals surface area (Å²) in [4.78, 5) is 23.5. The van der Waals surface area contributed by atoms with Crippen molar-refractivity contribution >= 4 is 17.6 Å². The Kier molecular flexibility index (Phi) is 5.41. The number of rotatable bonds is 6. The van der Waals surface area contributed by atoms with Crippen LogP contribution < -0.4 is 10.1 Å². The third-order valence-corrected chi connectivity index (χ3v) is 4.33. The van der Waals surface area contributed by atoms with E-state index in [2.05, 4.69) is 5.32 Å². The number of methoxy groups -OCH3 is 1. The fourth-order valence-electron chi connectivity index (χ4n) is 3.29. The maximum atomic E-state index is 12.3. The van der Waals surface area contributed by atoms with Crippen LogP contribution in [0.1, 0.15) is 44.9 Å². The second-order valence-corrected chi connectivity index (χ2v) is 6.09. The van der Waals surface area contributed by atoms with Gasteiger partial charge in [-0.15, -0.1) is 0 Å². The number of nitrogens with one attached hydrogen (secondary N) is 1. The standard InChI is InChI=1S/C17H23NO4/c1-22-14-7-5-6-13(10-14)18-15(19)11-17(12-16(20)21)8-3-2-4-9-17/h5-7,10H,2-4,8-9,11-12H2,1H3,(H,18,19)(H,20,21). The molecule has 0 atom stereocenters. The molecule has 5 nitrogen and oxygen atoms in total. The monoisotopic (exact) mass is 305 g/mol. The smallest absolute Gasteiger partial charge is 0.303 e. The summed E-state index contributed by atoms with van der Waals surface area (Å²) in [6.45, 7) is 0. The van der Waals surface area contributed by atoms with Gasteiger partial charge in [-0.2, -0.15) is 0 Å². The first-order valence-electron chi connectivity index (χ1n) is 7.69. The van der Waals surface area contributed by atoms with E-state index in [1.807, 2.05) is 12.1 Å². The number of hydrogen-bond donors (Lipinski definition) is 2. The molecule has 2 N–H and O–H groups in total. The molecule has 0 aliphatic heterocycles. The number of aliphatic carboxylic acids is 1. The van der Waals surface area contributed by atoms with Gasteiger partial charge in [0, 0.05) is 18.2 Å². The molecule has 0 saturated heterocycles. The van der Waals surface area contributed by atoms with Gasteiger partial charge in [-0.25, -0.2) is 0 Å².